The van der Waals surface area contributed by atoms with Crippen LogP contribution >= 0.6 is 11.3 Å². The molecule has 0 saturated carbocycles. The van der Waals surface area contributed by atoms with Crippen molar-refractivity contribution in [3.05, 3.63) is 70.7 Å². The van der Waals surface area contributed by atoms with Gasteiger partial charge in [0.05, 0.1) is 35.9 Å². The average Bonchev–Trinajstić information content (AvgIpc) is 3.16. The van der Waals surface area contributed by atoms with Gasteiger partial charge in [-0.3, -0.25) is 4.79 Å². The first-order valence-corrected chi connectivity index (χ1v) is 10.3. The molecule has 8 heteroatoms. The summed E-state index contributed by atoms with van der Waals surface area (Å²) in [4.78, 5) is 16.9. The normalized spacial score (nSPS) is 12.4. The minimum absolute atomic E-state index is 0.0383. The Morgan fingerprint density at radius 1 is 1.20 bits per heavy atom. The Hall–Kier alpha value is -2.87. The number of ether oxygens (including phenoxy) is 1. The van der Waals surface area contributed by atoms with E-state index in [4.69, 9.17) is 4.74 Å². The van der Waals surface area contributed by atoms with Gasteiger partial charge in [0.25, 0.3) is 0 Å². The molecule has 0 fully saturated rings. The summed E-state index contributed by atoms with van der Waals surface area (Å²) in [5.41, 5.74) is 1.10. The molecule has 0 aliphatic heterocycles. The van der Waals surface area contributed by atoms with Gasteiger partial charge in [-0.1, -0.05) is 24.3 Å². The molecule has 1 N–H and O–H groups in total. The number of aromatic nitrogens is 1. The topological polar surface area (TPSA) is 51.2 Å². The third-order valence-corrected chi connectivity index (χ3v) is 5.33. The summed E-state index contributed by atoms with van der Waals surface area (Å²) in [6.07, 6.45) is -4.38. The van der Waals surface area contributed by atoms with E-state index in [0.717, 1.165) is 28.5 Å². The van der Waals surface area contributed by atoms with Gasteiger partial charge in [0, 0.05) is 5.38 Å². The first-order chi connectivity index (χ1) is 14.3. The van der Waals surface area contributed by atoms with Gasteiger partial charge in [-0.15, -0.1) is 11.3 Å². The maximum atomic E-state index is 12.9. The Morgan fingerprint density at radius 2 is 1.97 bits per heavy atom. The number of carbonyl (C=O) groups is 1. The molecule has 0 aliphatic carbocycles. The maximum absolute atomic E-state index is 12.9. The Bertz CT molecular complexity index is 1020. The molecule has 4 nitrogen and oxygen atoms in total. The van der Waals surface area contributed by atoms with Crippen LogP contribution in [0.2, 0.25) is 0 Å². The number of benzene rings is 2. The number of alkyl halides is 3. The molecule has 0 unspecified atom stereocenters. The summed E-state index contributed by atoms with van der Waals surface area (Å²) < 4.78 is 44.3. The fourth-order valence-electron chi connectivity index (χ4n) is 2.96. The van der Waals surface area contributed by atoms with Crippen molar-refractivity contribution in [2.75, 3.05) is 6.61 Å². The van der Waals surface area contributed by atoms with Crippen molar-refractivity contribution in [3.63, 3.8) is 0 Å². The van der Waals surface area contributed by atoms with Gasteiger partial charge < -0.3 is 10.1 Å². The maximum Gasteiger partial charge on any atom is 0.416 e. The molecule has 1 aromatic heterocycles. The second kappa shape index (κ2) is 9.30. The number of hydrogen-bond acceptors (Lipinski definition) is 4. The van der Waals surface area contributed by atoms with Crippen molar-refractivity contribution in [2.24, 2.45) is 0 Å². The van der Waals surface area contributed by atoms with Crippen LogP contribution in [-0.4, -0.2) is 17.5 Å². The third-order valence-electron chi connectivity index (χ3n) is 4.40. The van der Waals surface area contributed by atoms with E-state index in [-0.39, 0.29) is 12.3 Å². The van der Waals surface area contributed by atoms with Crippen LogP contribution in [0.3, 0.4) is 0 Å². The lowest BCUT2D eigenvalue weighted by Gasteiger charge is -2.16. The van der Waals surface area contributed by atoms with Crippen LogP contribution < -0.4 is 10.1 Å². The van der Waals surface area contributed by atoms with Gasteiger partial charge in [-0.25, -0.2) is 4.98 Å². The first kappa shape index (κ1) is 21.8. The van der Waals surface area contributed by atoms with Crippen LogP contribution in [0.1, 0.15) is 36.7 Å². The number of nitrogens with one attached hydrogen (secondary N) is 1. The molecule has 0 bridgehead atoms. The zero-order chi connectivity index (χ0) is 21.7. The number of amides is 1. The summed E-state index contributed by atoms with van der Waals surface area (Å²) in [6.45, 7) is 4.09. The highest BCUT2D eigenvalue weighted by atomic mass is 32.1. The molecule has 1 atom stereocenters. The van der Waals surface area contributed by atoms with Crippen molar-refractivity contribution >= 4 is 17.2 Å². The molecule has 1 amide bonds. The Morgan fingerprint density at radius 3 is 2.70 bits per heavy atom. The van der Waals surface area contributed by atoms with Gasteiger partial charge in [-0.05, 0) is 43.7 Å². The zero-order valence-electron chi connectivity index (χ0n) is 16.5. The van der Waals surface area contributed by atoms with Crippen LogP contribution in [-0.2, 0) is 17.4 Å². The quantitative estimate of drug-likeness (QED) is 0.523. The molecule has 30 heavy (non-hydrogen) atoms. The predicted molar refractivity (Wildman–Crippen MR) is 110 cm³/mol. The predicted octanol–water partition coefficient (Wildman–Crippen LogP) is 5.65. The van der Waals surface area contributed by atoms with Gasteiger partial charge >= 0.3 is 6.18 Å². The lowest BCUT2D eigenvalue weighted by Crippen LogP contribution is -2.28. The molecular weight excluding hydrogens is 413 g/mol. The minimum Gasteiger partial charge on any atom is -0.493 e. The molecule has 0 radical (unpaired) electrons. The summed E-state index contributed by atoms with van der Waals surface area (Å²) in [7, 11) is 0. The van der Waals surface area contributed by atoms with Crippen LogP contribution in [0, 0.1) is 0 Å². The average molecular weight is 434 g/mol. The Balaban J connectivity index is 1.66. The fraction of sp³-hybridized carbons (Fsp3) is 0.273. The second-order valence-electron chi connectivity index (χ2n) is 6.66. The summed E-state index contributed by atoms with van der Waals surface area (Å²) in [5, 5.41) is 5.28. The smallest absolute Gasteiger partial charge is 0.416 e. The molecule has 0 aliphatic rings. The first-order valence-electron chi connectivity index (χ1n) is 9.41. The lowest BCUT2D eigenvalue weighted by molar-refractivity contribution is -0.137. The molecule has 0 saturated heterocycles. The highest BCUT2D eigenvalue weighted by molar-refractivity contribution is 7.13. The van der Waals surface area contributed by atoms with E-state index >= 15 is 0 Å². The number of halogens is 3. The summed E-state index contributed by atoms with van der Waals surface area (Å²) in [6, 6.07) is 11.9. The number of carbonyl (C=O) groups excluding carboxylic acids is 1. The van der Waals surface area contributed by atoms with E-state index in [1.807, 2.05) is 31.2 Å². The van der Waals surface area contributed by atoms with Gasteiger partial charge in [0.15, 0.2) is 0 Å². The van der Waals surface area contributed by atoms with Crippen molar-refractivity contribution in [1.29, 1.82) is 0 Å². The molecule has 1 heterocycles. The highest BCUT2D eigenvalue weighted by Crippen LogP contribution is 2.33. The molecular formula is C22H21F3N2O2S. The highest BCUT2D eigenvalue weighted by Gasteiger charge is 2.30. The molecule has 3 rings (SSSR count). The van der Waals surface area contributed by atoms with Crippen molar-refractivity contribution in [2.45, 2.75) is 32.5 Å². The number of nitrogens with zero attached hydrogens (tertiary/aromatic N) is 1. The number of hydrogen-bond donors (Lipinski definition) is 1. The van der Waals surface area contributed by atoms with Crippen molar-refractivity contribution in [3.8, 4) is 16.3 Å². The SMILES string of the molecule is CCOc1ccccc1-c1nc(CC(=O)N[C@@H](C)c2cccc(C(F)(F)F)c2)cs1. The summed E-state index contributed by atoms with van der Waals surface area (Å²) in [5.74, 6) is 0.415. The number of rotatable bonds is 7. The Kier molecular flexibility index (Phi) is 6.77. The van der Waals surface area contributed by atoms with Gasteiger partial charge in [0.1, 0.15) is 10.8 Å². The van der Waals surface area contributed by atoms with Gasteiger partial charge in [0.2, 0.25) is 5.91 Å². The molecule has 3 aromatic rings. The third kappa shape index (κ3) is 5.38. The minimum atomic E-state index is -4.42. The Labute approximate surface area is 176 Å². The van der Waals surface area contributed by atoms with E-state index in [2.05, 4.69) is 10.3 Å². The van der Waals surface area contributed by atoms with E-state index in [1.165, 1.54) is 17.4 Å². The van der Waals surface area contributed by atoms with Crippen molar-refractivity contribution < 1.29 is 22.7 Å². The zero-order valence-corrected chi connectivity index (χ0v) is 17.3. The van der Waals surface area contributed by atoms with Crippen LogP contribution in [0.15, 0.2) is 53.9 Å². The number of thiazole rings is 1. The monoisotopic (exact) mass is 434 g/mol. The second-order valence-corrected chi connectivity index (χ2v) is 7.52. The molecule has 0 spiro atoms. The molecule has 158 valence electrons. The van der Waals surface area contributed by atoms with Crippen molar-refractivity contribution in [1.82, 2.24) is 10.3 Å². The van der Waals surface area contributed by atoms with Crippen LogP contribution in [0.25, 0.3) is 10.6 Å². The van der Waals surface area contributed by atoms with Crippen LogP contribution in [0.4, 0.5) is 13.2 Å². The van der Waals surface area contributed by atoms with Crippen LogP contribution in [0.5, 0.6) is 5.75 Å². The number of para-hydroxylation sites is 1. The fourth-order valence-corrected chi connectivity index (χ4v) is 3.81. The summed E-state index contributed by atoms with van der Waals surface area (Å²) >= 11 is 1.41. The molecule has 2 aromatic carbocycles. The lowest BCUT2D eigenvalue weighted by atomic mass is 10.0. The van der Waals surface area contributed by atoms with E-state index < -0.39 is 17.8 Å². The largest absolute Gasteiger partial charge is 0.493 e. The van der Waals surface area contributed by atoms with E-state index in [0.29, 0.717) is 17.9 Å². The van der Waals surface area contributed by atoms with Gasteiger partial charge in [-0.2, -0.15) is 13.2 Å². The van der Waals surface area contributed by atoms with E-state index in [9.17, 15) is 18.0 Å². The van der Waals surface area contributed by atoms with E-state index in [1.54, 1.807) is 18.4 Å². The standard InChI is InChI=1S/C22H21F3N2O2S/c1-3-29-19-10-5-4-9-18(19)21-27-17(13-30-21)12-20(28)26-14(2)15-7-6-8-16(11-15)22(23,24)25/h4-11,13-14H,3,12H2,1-2H3,(H,26,28)/t14-/m0/s1.